The average molecular weight is 777 g/mol. The Hall–Kier alpha value is -4.99. The van der Waals surface area contributed by atoms with Crippen molar-refractivity contribution in [1.29, 1.82) is 0 Å². The Morgan fingerprint density at radius 3 is 1.68 bits per heavy atom. The molecule has 6 aromatic rings. The van der Waals surface area contributed by atoms with Crippen LogP contribution in [0.2, 0.25) is 0 Å². The first kappa shape index (κ1) is 45.1. The molecular weight excluding hydrogens is 716 g/mol. The van der Waals surface area contributed by atoms with Crippen LogP contribution in [-0.2, 0) is 12.8 Å². The number of aromatic nitrogens is 2. The molecule has 0 radical (unpaired) electrons. The summed E-state index contributed by atoms with van der Waals surface area (Å²) < 4.78 is 0. The van der Waals surface area contributed by atoms with E-state index in [4.69, 9.17) is 9.97 Å². The van der Waals surface area contributed by atoms with E-state index in [9.17, 15) is 0 Å². The molecule has 4 aromatic carbocycles. The fourth-order valence-electron chi connectivity index (χ4n) is 7.21. The number of aliphatic imine (C=N–C) groups is 1. The Balaban J connectivity index is 0.000000197. The summed E-state index contributed by atoms with van der Waals surface area (Å²) in [5, 5.41) is 11.1. The number of pyridine rings is 2. The van der Waals surface area contributed by atoms with Crippen molar-refractivity contribution in [3.63, 3.8) is 0 Å². The summed E-state index contributed by atoms with van der Waals surface area (Å²) in [4.78, 5) is 14.5. The zero-order valence-electron chi connectivity index (χ0n) is 36.7. The summed E-state index contributed by atoms with van der Waals surface area (Å²) in [7, 11) is 0. The predicted molar refractivity (Wildman–Crippen MR) is 246 cm³/mol. The van der Waals surface area contributed by atoms with Crippen molar-refractivity contribution in [2.45, 2.75) is 110 Å². The molecule has 0 bridgehead atoms. The Labute approximate surface area is 366 Å². The van der Waals surface area contributed by atoms with Crippen molar-refractivity contribution in [1.82, 2.24) is 15.3 Å². The molecule has 3 atom stereocenters. The van der Waals surface area contributed by atoms with E-state index in [1.54, 1.807) is 0 Å². The molecule has 3 N–H and O–H groups in total. The molecular formula is C52H61LiN6. The number of benzene rings is 4. The third kappa shape index (κ3) is 13.3. The van der Waals surface area contributed by atoms with E-state index in [0.29, 0.717) is 12.1 Å². The van der Waals surface area contributed by atoms with Crippen LogP contribution in [0.4, 0.5) is 11.4 Å². The first-order valence-electron chi connectivity index (χ1n) is 20.8. The van der Waals surface area contributed by atoms with E-state index >= 15 is 0 Å². The second kappa shape index (κ2) is 20.8. The van der Waals surface area contributed by atoms with Crippen molar-refractivity contribution >= 4 is 17.6 Å². The Morgan fingerprint density at radius 2 is 1.17 bits per heavy atom. The van der Waals surface area contributed by atoms with Gasteiger partial charge in [-0.1, -0.05) is 78.9 Å². The van der Waals surface area contributed by atoms with Crippen molar-refractivity contribution in [2.24, 2.45) is 4.99 Å². The minimum Gasteiger partial charge on any atom is -0.382 e. The Bertz CT molecular complexity index is 2210. The number of anilines is 2. The number of hydrogen-bond acceptors (Lipinski definition) is 6. The predicted octanol–water partition coefficient (Wildman–Crippen LogP) is 9.18. The number of para-hydroxylation sites is 2. The van der Waals surface area contributed by atoms with Crippen LogP contribution in [-0.4, -0.2) is 39.3 Å². The van der Waals surface area contributed by atoms with Crippen LogP contribution in [0, 0.1) is 6.07 Å². The van der Waals surface area contributed by atoms with Gasteiger partial charge in [0.15, 0.2) is 0 Å². The maximum atomic E-state index is 5.13. The van der Waals surface area contributed by atoms with Gasteiger partial charge in [0.25, 0.3) is 0 Å². The van der Waals surface area contributed by atoms with Crippen LogP contribution in [0.5, 0.6) is 0 Å². The third-order valence-corrected chi connectivity index (χ3v) is 10.1. The summed E-state index contributed by atoms with van der Waals surface area (Å²) >= 11 is 0. The van der Waals surface area contributed by atoms with Gasteiger partial charge >= 0.3 is 18.9 Å². The fourth-order valence-corrected chi connectivity index (χ4v) is 7.21. The summed E-state index contributed by atoms with van der Waals surface area (Å²) in [5.74, 6) is 0. The zero-order valence-corrected chi connectivity index (χ0v) is 36.7. The zero-order chi connectivity index (χ0) is 41.1. The molecule has 7 heteroatoms. The second-order valence-corrected chi connectivity index (χ2v) is 17.5. The topological polar surface area (TPSA) is 74.2 Å². The van der Waals surface area contributed by atoms with Gasteiger partial charge in [-0.05, 0) is 122 Å². The molecule has 300 valence electrons. The van der Waals surface area contributed by atoms with Crippen molar-refractivity contribution in [2.75, 3.05) is 10.6 Å². The van der Waals surface area contributed by atoms with Crippen molar-refractivity contribution in [3.05, 3.63) is 168 Å². The van der Waals surface area contributed by atoms with Gasteiger partial charge in [-0.15, -0.1) is 0 Å². The first-order valence-corrected chi connectivity index (χ1v) is 20.8. The number of hydrogen-bond donors (Lipinski definition) is 3. The maximum Gasteiger partial charge on any atom is 1.00 e. The van der Waals surface area contributed by atoms with Crippen LogP contribution in [0.25, 0.3) is 22.5 Å². The summed E-state index contributed by atoms with van der Waals surface area (Å²) in [5.41, 5.74) is 12.7. The smallest absolute Gasteiger partial charge is 0.382 e. The van der Waals surface area contributed by atoms with Gasteiger partial charge in [-0.3, -0.25) is 9.98 Å². The van der Waals surface area contributed by atoms with Gasteiger partial charge in [0.05, 0.1) is 34.4 Å². The molecule has 8 rings (SSSR count). The molecule has 2 aliphatic heterocycles. The van der Waals surface area contributed by atoms with Gasteiger partial charge in [-0.25, -0.2) is 4.98 Å². The Kier molecular flexibility index (Phi) is 15.9. The molecule has 0 aliphatic carbocycles. The van der Waals surface area contributed by atoms with E-state index in [-0.39, 0.29) is 36.0 Å². The van der Waals surface area contributed by atoms with E-state index in [0.717, 1.165) is 35.6 Å². The van der Waals surface area contributed by atoms with Crippen LogP contribution in [0.1, 0.15) is 102 Å². The molecule has 0 fully saturated rings. The minimum absolute atomic E-state index is 0. The van der Waals surface area contributed by atoms with Crippen LogP contribution < -0.4 is 34.8 Å². The molecule has 0 amide bonds. The van der Waals surface area contributed by atoms with Gasteiger partial charge < -0.3 is 16.0 Å². The minimum atomic E-state index is -0.0828. The van der Waals surface area contributed by atoms with Crippen molar-refractivity contribution < 1.29 is 18.9 Å². The molecule has 0 saturated carbocycles. The number of nitrogens with one attached hydrogen (secondary N) is 3. The number of nitrogens with zero attached hydrogens (tertiary/aromatic N) is 3. The van der Waals surface area contributed by atoms with E-state index in [2.05, 4.69) is 179 Å². The summed E-state index contributed by atoms with van der Waals surface area (Å²) in [6, 6.07) is 49.7. The van der Waals surface area contributed by atoms with E-state index < -0.39 is 0 Å². The summed E-state index contributed by atoms with van der Waals surface area (Å²) in [6.45, 7) is 17.4. The average Bonchev–Trinajstić information content (AvgIpc) is 3.22. The molecule has 2 aliphatic rings. The second-order valence-electron chi connectivity index (χ2n) is 17.5. The van der Waals surface area contributed by atoms with Crippen LogP contribution in [0.3, 0.4) is 0 Å². The normalized spacial score (nSPS) is 16.3. The first-order chi connectivity index (χ1) is 27.8. The fraction of sp³-hybridized carbons (Fsp3) is 0.327. The molecule has 59 heavy (non-hydrogen) atoms. The quantitative estimate of drug-likeness (QED) is 0.0895. The SMILES string of the molecule is CC1CCc2cccc(-c3cccc(C(NC(C)(C)C)c4ccccc4)n3)c2N1.CC1CCc2cccc(-c3cccc(C=NC(C)(C)C)n3)c2N1.[Li+].[c-]1ccccc1. The molecule has 6 nitrogen and oxygen atoms in total. The van der Waals surface area contributed by atoms with E-state index in [1.165, 1.54) is 52.0 Å². The van der Waals surface area contributed by atoms with Gasteiger partial charge in [0, 0.05) is 46.3 Å². The number of fused-ring (bicyclic) bond motifs is 2. The van der Waals surface area contributed by atoms with Crippen LogP contribution in [0.15, 0.2) is 138 Å². The molecule has 0 spiro atoms. The van der Waals surface area contributed by atoms with Gasteiger partial charge in [0.1, 0.15) is 0 Å². The largest absolute Gasteiger partial charge is 1.00 e. The van der Waals surface area contributed by atoms with Crippen molar-refractivity contribution in [3.8, 4) is 22.5 Å². The standard InChI is InChI=1S/C26H31N3.C20H25N3.C6H5.Li/c1-18-16-17-20-12-8-13-21(24(20)27-18)22-14-9-15-23(28-22)25(29-26(2,3)4)19-10-6-5-7-11-19;1-14-11-12-15-7-5-9-17(19(15)22-14)18-10-6-8-16(23-18)13-21-20(2,3)4;1-2-4-6-5-3-1;/h5-15,18,25,27,29H,16-17H2,1-4H3;5-10,13-14,22H,11-12H2,1-4H3;1-5H;/q;;-1;+1. The van der Waals surface area contributed by atoms with Gasteiger partial charge in [-0.2, -0.15) is 36.4 Å². The Morgan fingerprint density at radius 1 is 0.644 bits per heavy atom. The maximum absolute atomic E-state index is 5.13. The molecule has 4 heterocycles. The molecule has 3 unspecified atom stereocenters. The van der Waals surface area contributed by atoms with E-state index in [1.807, 2.05) is 42.6 Å². The summed E-state index contributed by atoms with van der Waals surface area (Å²) in [6.07, 6.45) is 6.48. The van der Waals surface area contributed by atoms with Crippen LogP contribution >= 0.6 is 0 Å². The number of aryl methyl sites for hydroxylation is 2. The molecule has 2 aromatic heterocycles. The monoisotopic (exact) mass is 777 g/mol. The third-order valence-electron chi connectivity index (χ3n) is 10.1. The number of rotatable bonds is 6. The molecule has 0 saturated heterocycles. The van der Waals surface area contributed by atoms with Gasteiger partial charge in [0.2, 0.25) is 0 Å².